The summed E-state index contributed by atoms with van der Waals surface area (Å²) < 4.78 is 5.92. The second-order valence-corrected chi connectivity index (χ2v) is 6.56. The number of guanidine groups is 1. The van der Waals surface area contributed by atoms with Crippen LogP contribution in [0.15, 0.2) is 53.5 Å². The highest BCUT2D eigenvalue weighted by Gasteiger charge is 2.22. The van der Waals surface area contributed by atoms with Crippen molar-refractivity contribution < 1.29 is 9.53 Å². The number of carbonyl (C=O) groups is 1. The number of fused-ring (bicyclic) bond motifs is 1. The molecule has 6 nitrogen and oxygen atoms in total. The molecule has 1 amide bonds. The highest BCUT2D eigenvalue weighted by Crippen LogP contribution is 2.27. The number of rotatable bonds is 6. The highest BCUT2D eigenvalue weighted by atomic mass is 16.5. The molecular formula is C21H26N4O2. The Balaban J connectivity index is 1.36. The van der Waals surface area contributed by atoms with Crippen LogP contribution in [0.3, 0.4) is 0 Å². The van der Waals surface area contributed by atoms with Gasteiger partial charge in [-0.3, -0.25) is 9.79 Å². The van der Waals surface area contributed by atoms with E-state index in [1.165, 1.54) is 5.56 Å². The Morgan fingerprint density at radius 3 is 2.70 bits per heavy atom. The molecule has 2 aromatic rings. The van der Waals surface area contributed by atoms with Crippen LogP contribution >= 0.6 is 0 Å². The van der Waals surface area contributed by atoms with Gasteiger partial charge >= 0.3 is 0 Å². The maximum atomic E-state index is 12.1. The lowest BCUT2D eigenvalue weighted by Crippen LogP contribution is -2.44. The molecule has 2 aromatic carbocycles. The first-order valence-electron chi connectivity index (χ1n) is 9.19. The van der Waals surface area contributed by atoms with E-state index >= 15 is 0 Å². The normalized spacial score (nSPS) is 15.6. The Hall–Kier alpha value is -3.02. The molecule has 3 rings (SSSR count). The predicted molar refractivity (Wildman–Crippen MR) is 107 cm³/mol. The molecule has 0 saturated carbocycles. The maximum Gasteiger partial charge on any atom is 0.251 e. The maximum absolute atomic E-state index is 12.1. The van der Waals surface area contributed by atoms with Gasteiger partial charge in [-0.15, -0.1) is 0 Å². The Morgan fingerprint density at radius 2 is 1.93 bits per heavy atom. The molecule has 0 saturated heterocycles. The van der Waals surface area contributed by atoms with Crippen LogP contribution in [0.1, 0.15) is 21.5 Å². The van der Waals surface area contributed by atoms with Crippen LogP contribution in [0.2, 0.25) is 0 Å². The number of aliphatic imine (C=N–C) groups is 1. The molecule has 0 radical (unpaired) electrons. The number of aryl methyl sites for hydroxylation is 1. The number of nitrogens with zero attached hydrogens (tertiary/aromatic N) is 1. The van der Waals surface area contributed by atoms with E-state index < -0.39 is 0 Å². The molecule has 3 N–H and O–H groups in total. The molecule has 1 atom stereocenters. The summed E-state index contributed by atoms with van der Waals surface area (Å²) in [4.78, 5) is 16.3. The highest BCUT2D eigenvalue weighted by molar-refractivity contribution is 5.94. The van der Waals surface area contributed by atoms with Crippen molar-refractivity contribution in [3.05, 3.63) is 65.2 Å². The third-order valence-electron chi connectivity index (χ3n) is 4.42. The van der Waals surface area contributed by atoms with Gasteiger partial charge in [-0.1, -0.05) is 35.9 Å². The van der Waals surface area contributed by atoms with Crippen LogP contribution in [0.5, 0.6) is 5.75 Å². The largest absolute Gasteiger partial charge is 0.488 e. The average molecular weight is 366 g/mol. The van der Waals surface area contributed by atoms with Crippen LogP contribution in [-0.2, 0) is 6.42 Å². The second kappa shape index (κ2) is 9.07. The average Bonchev–Trinajstić information content (AvgIpc) is 3.10. The molecule has 0 spiro atoms. The molecule has 0 aromatic heterocycles. The van der Waals surface area contributed by atoms with Gasteiger partial charge in [0.2, 0.25) is 0 Å². The molecule has 0 bridgehead atoms. The van der Waals surface area contributed by atoms with Crippen molar-refractivity contribution in [3.8, 4) is 5.75 Å². The van der Waals surface area contributed by atoms with Crippen molar-refractivity contribution >= 4 is 11.9 Å². The van der Waals surface area contributed by atoms with Gasteiger partial charge in [0, 0.05) is 32.1 Å². The monoisotopic (exact) mass is 366 g/mol. The van der Waals surface area contributed by atoms with Crippen LogP contribution in [-0.4, -0.2) is 44.7 Å². The van der Waals surface area contributed by atoms with Crippen LogP contribution in [0, 0.1) is 6.92 Å². The predicted octanol–water partition coefficient (Wildman–Crippen LogP) is 1.89. The first kappa shape index (κ1) is 18.8. The van der Waals surface area contributed by atoms with Gasteiger partial charge in [0.15, 0.2) is 5.96 Å². The number of carbonyl (C=O) groups excluding carboxylic acids is 1. The van der Waals surface area contributed by atoms with Crippen molar-refractivity contribution in [3.63, 3.8) is 0 Å². The van der Waals surface area contributed by atoms with E-state index in [1.54, 1.807) is 7.05 Å². The minimum absolute atomic E-state index is 0.0689. The third-order valence-corrected chi connectivity index (χ3v) is 4.42. The van der Waals surface area contributed by atoms with Gasteiger partial charge in [-0.05, 0) is 30.7 Å². The van der Waals surface area contributed by atoms with Crippen molar-refractivity contribution in [2.45, 2.75) is 19.4 Å². The summed E-state index contributed by atoms with van der Waals surface area (Å²) in [6, 6.07) is 15.7. The van der Waals surface area contributed by atoms with E-state index in [9.17, 15) is 4.79 Å². The Morgan fingerprint density at radius 1 is 1.11 bits per heavy atom. The number of nitrogens with one attached hydrogen (secondary N) is 3. The van der Waals surface area contributed by atoms with Crippen LogP contribution < -0.4 is 20.7 Å². The second-order valence-electron chi connectivity index (χ2n) is 6.56. The zero-order chi connectivity index (χ0) is 19.1. The molecule has 1 heterocycles. The SMILES string of the molecule is CN=C(NCCNC(=O)c1cccc(C)c1)NCC1Cc2ccccc2O1. The van der Waals surface area contributed by atoms with Gasteiger partial charge in [0.25, 0.3) is 5.91 Å². The lowest BCUT2D eigenvalue weighted by molar-refractivity contribution is 0.0954. The number of hydrogen-bond donors (Lipinski definition) is 3. The number of amides is 1. The van der Waals surface area contributed by atoms with E-state index in [1.807, 2.05) is 49.4 Å². The van der Waals surface area contributed by atoms with Crippen molar-refractivity contribution in [2.24, 2.45) is 4.99 Å². The number of para-hydroxylation sites is 1. The summed E-state index contributed by atoms with van der Waals surface area (Å²) >= 11 is 0. The summed E-state index contributed by atoms with van der Waals surface area (Å²) in [5, 5.41) is 9.38. The molecule has 0 aliphatic carbocycles. The number of ether oxygens (including phenoxy) is 1. The molecule has 27 heavy (non-hydrogen) atoms. The third kappa shape index (κ3) is 5.23. The molecule has 142 valence electrons. The number of benzene rings is 2. The zero-order valence-electron chi connectivity index (χ0n) is 15.8. The molecular weight excluding hydrogens is 340 g/mol. The fourth-order valence-electron chi connectivity index (χ4n) is 3.04. The minimum Gasteiger partial charge on any atom is -0.488 e. The molecule has 1 aliphatic heterocycles. The van der Waals surface area contributed by atoms with Crippen LogP contribution in [0.25, 0.3) is 0 Å². The fraction of sp³-hybridized carbons (Fsp3) is 0.333. The lowest BCUT2D eigenvalue weighted by atomic mass is 10.1. The van der Waals surface area contributed by atoms with E-state index in [2.05, 4.69) is 27.0 Å². The Kier molecular flexibility index (Phi) is 6.30. The number of hydrogen-bond acceptors (Lipinski definition) is 3. The summed E-state index contributed by atoms with van der Waals surface area (Å²) in [5.74, 6) is 1.59. The zero-order valence-corrected chi connectivity index (χ0v) is 15.8. The fourth-order valence-corrected chi connectivity index (χ4v) is 3.04. The van der Waals surface area contributed by atoms with E-state index in [-0.39, 0.29) is 12.0 Å². The lowest BCUT2D eigenvalue weighted by Gasteiger charge is -2.15. The van der Waals surface area contributed by atoms with Crippen molar-refractivity contribution in [2.75, 3.05) is 26.7 Å². The minimum atomic E-state index is -0.0689. The van der Waals surface area contributed by atoms with E-state index in [4.69, 9.17) is 4.74 Å². The van der Waals surface area contributed by atoms with E-state index in [0.29, 0.717) is 31.2 Å². The van der Waals surface area contributed by atoms with Gasteiger partial charge < -0.3 is 20.7 Å². The van der Waals surface area contributed by atoms with Gasteiger partial charge in [-0.25, -0.2) is 0 Å². The standard InChI is InChI=1S/C21H26N4O2/c1-15-6-5-8-17(12-15)20(26)23-10-11-24-21(22-2)25-14-18-13-16-7-3-4-9-19(16)27-18/h3-9,12,18H,10-11,13-14H2,1-2H3,(H,23,26)(H2,22,24,25). The van der Waals surface area contributed by atoms with Gasteiger partial charge in [-0.2, -0.15) is 0 Å². The van der Waals surface area contributed by atoms with Gasteiger partial charge in [0.05, 0.1) is 6.54 Å². The molecule has 0 fully saturated rings. The Labute approximate surface area is 160 Å². The van der Waals surface area contributed by atoms with Crippen molar-refractivity contribution in [1.29, 1.82) is 0 Å². The van der Waals surface area contributed by atoms with E-state index in [0.717, 1.165) is 17.7 Å². The molecule has 6 heteroatoms. The van der Waals surface area contributed by atoms with Gasteiger partial charge in [0.1, 0.15) is 11.9 Å². The molecule has 1 unspecified atom stereocenters. The Bertz CT molecular complexity index is 794. The molecule has 1 aliphatic rings. The summed E-state index contributed by atoms with van der Waals surface area (Å²) in [6.45, 7) is 3.74. The summed E-state index contributed by atoms with van der Waals surface area (Å²) in [7, 11) is 1.73. The first-order valence-corrected chi connectivity index (χ1v) is 9.19. The summed E-state index contributed by atoms with van der Waals surface area (Å²) in [5.41, 5.74) is 2.99. The quantitative estimate of drug-likeness (QED) is 0.415. The summed E-state index contributed by atoms with van der Waals surface area (Å²) in [6.07, 6.45) is 0.995. The smallest absolute Gasteiger partial charge is 0.251 e. The van der Waals surface area contributed by atoms with Crippen molar-refractivity contribution in [1.82, 2.24) is 16.0 Å². The first-order chi connectivity index (χ1) is 13.2. The topological polar surface area (TPSA) is 74.8 Å². The van der Waals surface area contributed by atoms with Crippen LogP contribution in [0.4, 0.5) is 0 Å².